The molecule has 29 heavy (non-hydrogen) atoms. The molecule has 1 aliphatic carbocycles. The summed E-state index contributed by atoms with van der Waals surface area (Å²) >= 11 is 5.95. The van der Waals surface area contributed by atoms with Crippen molar-refractivity contribution in [1.82, 2.24) is 10.3 Å². The lowest BCUT2D eigenvalue weighted by atomic mass is 9.87. The van der Waals surface area contributed by atoms with Gasteiger partial charge in [-0.1, -0.05) is 17.7 Å². The molecule has 1 amide bonds. The van der Waals surface area contributed by atoms with Crippen LogP contribution < -0.4 is 21.7 Å². The van der Waals surface area contributed by atoms with Crippen molar-refractivity contribution in [2.24, 2.45) is 5.73 Å². The number of rotatable bonds is 6. The largest absolute Gasteiger partial charge is 0.365 e. The molecule has 0 aliphatic heterocycles. The zero-order valence-corrected chi connectivity index (χ0v) is 16.4. The fourth-order valence-electron chi connectivity index (χ4n) is 3.41. The summed E-state index contributed by atoms with van der Waals surface area (Å²) < 4.78 is 43.5. The lowest BCUT2D eigenvalue weighted by molar-refractivity contribution is -0.0550. The summed E-state index contributed by atoms with van der Waals surface area (Å²) in [5.74, 6) is -5.38. The molecule has 1 heterocycles. The topological polar surface area (TPSA) is 92.1 Å². The van der Waals surface area contributed by atoms with Crippen LogP contribution in [0.25, 0.3) is 0 Å². The molecule has 1 aliphatic rings. The van der Waals surface area contributed by atoms with Gasteiger partial charge in [-0.2, -0.15) is 0 Å². The Hall–Kier alpha value is -2.52. The molecule has 1 fully saturated rings. The van der Waals surface area contributed by atoms with Gasteiger partial charge in [0.25, 0.3) is 11.8 Å². The Bertz CT molecular complexity index is 911. The molecule has 1 aromatic carbocycles. The lowest BCUT2D eigenvalue weighted by Crippen LogP contribution is -2.56. The predicted octanol–water partition coefficient (Wildman–Crippen LogP) is 3.90. The summed E-state index contributed by atoms with van der Waals surface area (Å²) in [6.07, 6.45) is 0.560. The summed E-state index contributed by atoms with van der Waals surface area (Å²) in [5.41, 5.74) is 5.58. The fraction of sp³-hybridized carbons (Fsp3) is 0.368. The second kappa shape index (κ2) is 8.46. The van der Waals surface area contributed by atoms with Gasteiger partial charge in [0, 0.05) is 23.2 Å². The van der Waals surface area contributed by atoms with Crippen LogP contribution in [-0.2, 0) is 0 Å². The first-order valence-electron chi connectivity index (χ1n) is 9.06. The van der Waals surface area contributed by atoms with Crippen molar-refractivity contribution in [3.8, 4) is 0 Å². The Morgan fingerprint density at radius 1 is 1.31 bits per heavy atom. The monoisotopic (exact) mass is 427 g/mol. The fourth-order valence-corrected chi connectivity index (χ4v) is 3.61. The number of carbonyl (C=O) groups excluding carboxylic acids is 1. The Balaban J connectivity index is 1.97. The number of nitrogens with zero attached hydrogens (tertiary/aromatic N) is 1. The van der Waals surface area contributed by atoms with Crippen molar-refractivity contribution in [2.45, 2.75) is 37.3 Å². The van der Waals surface area contributed by atoms with Crippen LogP contribution in [0.3, 0.4) is 0 Å². The molecule has 2 atom stereocenters. The number of aromatic nitrogens is 1. The summed E-state index contributed by atoms with van der Waals surface area (Å²) in [5, 5.41) is 8.63. The van der Waals surface area contributed by atoms with E-state index in [9.17, 15) is 18.0 Å². The van der Waals surface area contributed by atoms with Gasteiger partial charge in [0.1, 0.15) is 11.9 Å². The standard InChI is InChI=1S/C19H21ClF3N5O/c1-25-14-6-3-7-19(22,23)15(14)27-18-13(21)9-12(16(24)29)17(28-18)26-11-5-2-4-10(20)8-11/h2,4-5,8-9,14-15,25H,3,6-7H2,1H3,(H2,24,29)(H2,26,27,28). The van der Waals surface area contributed by atoms with Gasteiger partial charge in [0.2, 0.25) is 0 Å². The number of amides is 1. The van der Waals surface area contributed by atoms with E-state index in [1.165, 1.54) is 0 Å². The van der Waals surface area contributed by atoms with E-state index in [1.807, 2.05) is 0 Å². The highest BCUT2D eigenvalue weighted by molar-refractivity contribution is 6.30. The Morgan fingerprint density at radius 2 is 2.07 bits per heavy atom. The van der Waals surface area contributed by atoms with Crippen LogP contribution in [0.1, 0.15) is 29.6 Å². The smallest absolute Gasteiger partial charge is 0.269 e. The molecule has 1 aromatic heterocycles. The third-order valence-electron chi connectivity index (χ3n) is 4.87. The first kappa shape index (κ1) is 21.2. The third-order valence-corrected chi connectivity index (χ3v) is 5.11. The summed E-state index contributed by atoms with van der Waals surface area (Å²) in [4.78, 5) is 15.8. The third kappa shape index (κ3) is 4.73. The van der Waals surface area contributed by atoms with Crippen molar-refractivity contribution < 1.29 is 18.0 Å². The van der Waals surface area contributed by atoms with Gasteiger partial charge in [-0.25, -0.2) is 18.2 Å². The number of nitrogens with one attached hydrogen (secondary N) is 3. The summed E-state index contributed by atoms with van der Waals surface area (Å²) in [6, 6.07) is 5.48. The molecular formula is C19H21ClF3N5O. The molecule has 10 heteroatoms. The number of primary amides is 1. The van der Waals surface area contributed by atoms with E-state index in [1.54, 1.807) is 31.3 Å². The number of anilines is 3. The van der Waals surface area contributed by atoms with Crippen LogP contribution in [0.2, 0.25) is 5.02 Å². The molecular weight excluding hydrogens is 407 g/mol. The van der Waals surface area contributed by atoms with E-state index in [2.05, 4.69) is 20.9 Å². The van der Waals surface area contributed by atoms with Gasteiger partial charge >= 0.3 is 0 Å². The number of hydrogen-bond donors (Lipinski definition) is 4. The summed E-state index contributed by atoms with van der Waals surface area (Å²) in [6.45, 7) is 0. The molecule has 0 radical (unpaired) electrons. The van der Waals surface area contributed by atoms with E-state index in [4.69, 9.17) is 17.3 Å². The first-order chi connectivity index (χ1) is 13.7. The van der Waals surface area contributed by atoms with Gasteiger partial charge in [-0.15, -0.1) is 0 Å². The molecule has 2 aromatic rings. The van der Waals surface area contributed by atoms with Crippen LogP contribution in [0, 0.1) is 5.82 Å². The number of likely N-dealkylation sites (N-methyl/N-ethyl adjacent to an activating group) is 1. The Kier molecular flexibility index (Phi) is 6.18. The van der Waals surface area contributed by atoms with Crippen LogP contribution in [0.4, 0.5) is 30.5 Å². The van der Waals surface area contributed by atoms with E-state index >= 15 is 0 Å². The highest BCUT2D eigenvalue weighted by Gasteiger charge is 2.47. The summed E-state index contributed by atoms with van der Waals surface area (Å²) in [7, 11) is 1.58. The molecule has 0 saturated heterocycles. The SMILES string of the molecule is CNC1CCCC(F)(F)C1Nc1nc(Nc2cccc(Cl)c2)c(C(N)=O)cc1F. The van der Waals surface area contributed by atoms with Gasteiger partial charge in [-0.3, -0.25) is 4.79 Å². The van der Waals surface area contributed by atoms with Crippen molar-refractivity contribution >= 4 is 34.8 Å². The van der Waals surface area contributed by atoms with Crippen molar-refractivity contribution in [3.63, 3.8) is 0 Å². The maximum Gasteiger partial charge on any atom is 0.269 e. The number of halogens is 4. The number of alkyl halides is 2. The van der Waals surface area contributed by atoms with Crippen LogP contribution in [-0.4, -0.2) is 35.9 Å². The number of benzene rings is 1. The van der Waals surface area contributed by atoms with Crippen molar-refractivity contribution in [3.05, 3.63) is 46.7 Å². The first-order valence-corrected chi connectivity index (χ1v) is 9.43. The number of hydrogen-bond acceptors (Lipinski definition) is 5. The molecule has 6 nitrogen and oxygen atoms in total. The quantitative estimate of drug-likeness (QED) is 0.561. The average molecular weight is 428 g/mol. The highest BCUT2D eigenvalue weighted by Crippen LogP contribution is 2.36. The second-order valence-electron chi connectivity index (χ2n) is 6.89. The zero-order valence-electron chi connectivity index (χ0n) is 15.6. The lowest BCUT2D eigenvalue weighted by Gasteiger charge is -2.38. The Labute approximate surface area is 171 Å². The molecule has 156 valence electrons. The number of pyridine rings is 1. The Morgan fingerprint density at radius 3 is 2.72 bits per heavy atom. The number of nitrogens with two attached hydrogens (primary N) is 1. The van der Waals surface area contributed by atoms with E-state index in [-0.39, 0.29) is 17.8 Å². The molecule has 3 rings (SSSR count). The predicted molar refractivity (Wildman–Crippen MR) is 107 cm³/mol. The number of carbonyl (C=O) groups is 1. The maximum atomic E-state index is 14.6. The van der Waals surface area contributed by atoms with Gasteiger partial charge in [-0.05, 0) is 44.2 Å². The molecule has 0 bridgehead atoms. The van der Waals surface area contributed by atoms with Gasteiger partial charge in [0.05, 0.1) is 5.56 Å². The molecule has 2 unspecified atom stereocenters. The molecule has 0 spiro atoms. The van der Waals surface area contributed by atoms with Gasteiger partial charge in [0.15, 0.2) is 11.6 Å². The van der Waals surface area contributed by atoms with E-state index in [0.29, 0.717) is 23.6 Å². The minimum absolute atomic E-state index is 0.0659. The average Bonchev–Trinajstić information content (AvgIpc) is 2.65. The highest BCUT2D eigenvalue weighted by atomic mass is 35.5. The van der Waals surface area contributed by atoms with E-state index in [0.717, 1.165) is 6.07 Å². The molecule has 5 N–H and O–H groups in total. The second-order valence-corrected chi connectivity index (χ2v) is 7.32. The van der Waals surface area contributed by atoms with Crippen LogP contribution in [0.15, 0.2) is 30.3 Å². The minimum atomic E-state index is -3.05. The zero-order chi connectivity index (χ0) is 21.2. The van der Waals surface area contributed by atoms with Gasteiger partial charge < -0.3 is 21.7 Å². The van der Waals surface area contributed by atoms with Crippen LogP contribution >= 0.6 is 11.6 Å². The minimum Gasteiger partial charge on any atom is -0.365 e. The van der Waals surface area contributed by atoms with Crippen molar-refractivity contribution in [2.75, 3.05) is 17.7 Å². The van der Waals surface area contributed by atoms with Crippen molar-refractivity contribution in [1.29, 1.82) is 0 Å². The normalized spacial score (nSPS) is 20.9. The maximum absolute atomic E-state index is 14.6. The molecule has 1 saturated carbocycles. The van der Waals surface area contributed by atoms with E-state index < -0.39 is 35.5 Å². The van der Waals surface area contributed by atoms with Crippen LogP contribution in [0.5, 0.6) is 0 Å².